The molecule has 0 aliphatic carbocycles. The lowest BCUT2D eigenvalue weighted by atomic mass is 10.0. The number of aliphatic hydroxyl groups is 1. The van der Waals surface area contributed by atoms with Gasteiger partial charge in [0.1, 0.15) is 6.23 Å². The summed E-state index contributed by atoms with van der Waals surface area (Å²) in [7, 11) is 0. The van der Waals surface area contributed by atoms with Gasteiger partial charge in [-0.2, -0.15) is 0 Å². The van der Waals surface area contributed by atoms with E-state index in [1.807, 2.05) is 36.4 Å². The minimum Gasteiger partial charge on any atom is -0.376 e. The van der Waals surface area contributed by atoms with Crippen LogP contribution in [-0.4, -0.2) is 58.2 Å². The minimum absolute atomic E-state index is 0.260. The molecule has 3 aromatic rings. The number of carbonyl (C=O) groups is 1. The van der Waals surface area contributed by atoms with E-state index in [9.17, 15) is 9.90 Å². The van der Waals surface area contributed by atoms with Gasteiger partial charge in [-0.05, 0) is 57.0 Å². The molecule has 1 aromatic heterocycles. The summed E-state index contributed by atoms with van der Waals surface area (Å²) in [6, 6.07) is 18.2. The van der Waals surface area contributed by atoms with Gasteiger partial charge in [-0.25, -0.2) is 0 Å². The molecule has 5 nitrogen and oxygen atoms in total. The maximum Gasteiger partial charge on any atom is 0.152 e. The Kier molecular flexibility index (Phi) is 7.43. The Hall–Kier alpha value is -2.47. The number of rotatable bonds is 6. The number of benzene rings is 2. The first kappa shape index (κ1) is 23.3. The zero-order valence-electron chi connectivity index (χ0n) is 20.1. The van der Waals surface area contributed by atoms with Crippen LogP contribution < -0.4 is 0 Å². The van der Waals surface area contributed by atoms with Crippen LogP contribution in [0.5, 0.6) is 0 Å². The number of aliphatic hydroxyl groups excluding tert-OH is 1. The summed E-state index contributed by atoms with van der Waals surface area (Å²) in [4.78, 5) is 17.4. The van der Waals surface area contributed by atoms with Crippen LogP contribution in [0.1, 0.15) is 73.5 Å². The van der Waals surface area contributed by atoms with Gasteiger partial charge in [-0.15, -0.1) is 0 Å². The van der Waals surface area contributed by atoms with Crippen LogP contribution in [0.3, 0.4) is 0 Å². The van der Waals surface area contributed by atoms with Gasteiger partial charge in [0.25, 0.3) is 0 Å². The molecule has 0 bridgehead atoms. The number of aldehydes is 1. The number of aromatic nitrogens is 1. The standard InChI is InChI=1S/C29H37N3O2/c33-22-25-24-16-8-9-17-26(24)32(23-14-6-5-7-15-23)27(25)28(30-18-10-1-2-11-19-30)29(34)31-20-12-3-4-13-21-31/h5-9,14-17,22,28-29,34H,1-4,10-13,18-21H2. The van der Waals surface area contributed by atoms with Gasteiger partial charge in [-0.1, -0.05) is 62.1 Å². The molecular weight excluding hydrogens is 422 g/mol. The number of carbonyl (C=O) groups excluding carboxylic acids is 1. The fourth-order valence-corrected chi connectivity index (χ4v) is 5.99. The van der Waals surface area contributed by atoms with Gasteiger partial charge in [0, 0.05) is 29.7 Å². The van der Waals surface area contributed by atoms with Crippen molar-refractivity contribution in [1.82, 2.24) is 14.4 Å². The second kappa shape index (κ2) is 10.9. The molecule has 5 heteroatoms. The average Bonchev–Trinajstić information content (AvgIpc) is 3.13. The maximum atomic E-state index is 12.7. The van der Waals surface area contributed by atoms with Crippen molar-refractivity contribution in [2.75, 3.05) is 26.2 Å². The van der Waals surface area contributed by atoms with Crippen molar-refractivity contribution in [2.24, 2.45) is 0 Å². The lowest BCUT2D eigenvalue weighted by Crippen LogP contribution is -2.48. The maximum absolute atomic E-state index is 12.7. The summed E-state index contributed by atoms with van der Waals surface area (Å²) >= 11 is 0. The van der Waals surface area contributed by atoms with Crippen LogP contribution in [0.15, 0.2) is 54.6 Å². The molecule has 0 saturated carbocycles. The number of likely N-dealkylation sites (tertiary alicyclic amines) is 2. The number of fused-ring (bicyclic) bond motifs is 1. The molecule has 2 unspecified atom stereocenters. The van der Waals surface area contributed by atoms with Gasteiger partial charge in [-0.3, -0.25) is 14.6 Å². The third-order valence-corrected chi connectivity index (χ3v) is 7.70. The largest absolute Gasteiger partial charge is 0.376 e. The quantitative estimate of drug-likeness (QED) is 0.491. The summed E-state index contributed by atoms with van der Waals surface area (Å²) in [6.45, 7) is 3.72. The Balaban J connectivity index is 1.72. The molecule has 2 atom stereocenters. The lowest BCUT2D eigenvalue weighted by Gasteiger charge is -2.40. The molecule has 0 amide bonds. The Morgan fingerprint density at radius 3 is 1.88 bits per heavy atom. The van der Waals surface area contributed by atoms with E-state index < -0.39 is 6.23 Å². The molecule has 2 saturated heterocycles. The van der Waals surface area contributed by atoms with Gasteiger partial charge in [0.05, 0.1) is 17.3 Å². The topological polar surface area (TPSA) is 48.7 Å². The normalized spacial score (nSPS) is 20.5. The molecule has 0 radical (unpaired) electrons. The van der Waals surface area contributed by atoms with Crippen molar-refractivity contribution in [3.05, 3.63) is 65.9 Å². The van der Waals surface area contributed by atoms with Crippen molar-refractivity contribution in [2.45, 2.75) is 63.6 Å². The van der Waals surface area contributed by atoms with E-state index in [1.165, 1.54) is 25.7 Å². The number of hydrogen-bond acceptors (Lipinski definition) is 4. The summed E-state index contributed by atoms with van der Waals surface area (Å²) in [6.07, 6.45) is 9.76. The van der Waals surface area contributed by atoms with Crippen molar-refractivity contribution < 1.29 is 9.90 Å². The van der Waals surface area contributed by atoms with Crippen molar-refractivity contribution in [3.8, 4) is 5.69 Å². The highest BCUT2D eigenvalue weighted by Gasteiger charge is 2.37. The molecule has 180 valence electrons. The fraction of sp³-hybridized carbons (Fsp3) is 0.483. The van der Waals surface area contributed by atoms with Crippen LogP contribution >= 0.6 is 0 Å². The number of para-hydroxylation sites is 2. The van der Waals surface area contributed by atoms with E-state index in [0.717, 1.165) is 80.4 Å². The predicted octanol–water partition coefficient (Wildman–Crippen LogP) is 5.55. The Morgan fingerprint density at radius 2 is 1.26 bits per heavy atom. The average molecular weight is 460 g/mol. The zero-order chi connectivity index (χ0) is 23.3. The van der Waals surface area contributed by atoms with E-state index in [-0.39, 0.29) is 6.04 Å². The summed E-state index contributed by atoms with van der Waals surface area (Å²) in [5.74, 6) is 0. The van der Waals surface area contributed by atoms with Crippen molar-refractivity contribution in [3.63, 3.8) is 0 Å². The molecule has 2 aromatic carbocycles. The molecule has 2 aliphatic rings. The molecule has 0 spiro atoms. The Bertz CT molecular complexity index is 1080. The molecule has 3 heterocycles. The first-order valence-corrected chi connectivity index (χ1v) is 13.1. The third-order valence-electron chi connectivity index (χ3n) is 7.70. The van der Waals surface area contributed by atoms with Gasteiger partial charge < -0.3 is 9.67 Å². The van der Waals surface area contributed by atoms with Crippen molar-refractivity contribution in [1.29, 1.82) is 0 Å². The molecule has 2 fully saturated rings. The summed E-state index contributed by atoms with van der Waals surface area (Å²) in [5, 5.41) is 13.0. The molecule has 2 aliphatic heterocycles. The molecular formula is C29H37N3O2. The first-order chi connectivity index (χ1) is 16.8. The third kappa shape index (κ3) is 4.57. The molecule has 34 heavy (non-hydrogen) atoms. The van der Waals surface area contributed by atoms with Crippen molar-refractivity contribution >= 4 is 17.2 Å². The lowest BCUT2D eigenvalue weighted by molar-refractivity contribution is -0.0632. The minimum atomic E-state index is -0.651. The Morgan fingerprint density at radius 1 is 0.706 bits per heavy atom. The van der Waals surface area contributed by atoms with Crippen LogP contribution in [0.4, 0.5) is 0 Å². The summed E-state index contributed by atoms with van der Waals surface area (Å²) in [5.41, 5.74) is 3.70. The highest BCUT2D eigenvalue weighted by Crippen LogP contribution is 2.38. The predicted molar refractivity (Wildman–Crippen MR) is 137 cm³/mol. The van der Waals surface area contributed by atoms with Crippen LogP contribution in [0, 0.1) is 0 Å². The van der Waals surface area contributed by atoms with E-state index in [4.69, 9.17) is 0 Å². The smallest absolute Gasteiger partial charge is 0.152 e. The van der Waals surface area contributed by atoms with E-state index >= 15 is 0 Å². The summed E-state index contributed by atoms with van der Waals surface area (Å²) < 4.78 is 2.23. The van der Waals surface area contributed by atoms with E-state index in [0.29, 0.717) is 5.56 Å². The fourth-order valence-electron chi connectivity index (χ4n) is 5.99. The number of hydrogen-bond donors (Lipinski definition) is 1. The highest BCUT2D eigenvalue weighted by atomic mass is 16.3. The van der Waals surface area contributed by atoms with Gasteiger partial charge in [0.15, 0.2) is 6.29 Å². The van der Waals surface area contributed by atoms with E-state index in [2.05, 4.69) is 32.6 Å². The first-order valence-electron chi connectivity index (χ1n) is 13.1. The molecule has 1 N–H and O–H groups in total. The van der Waals surface area contributed by atoms with Crippen LogP contribution in [0.25, 0.3) is 16.6 Å². The van der Waals surface area contributed by atoms with E-state index in [1.54, 1.807) is 0 Å². The number of nitrogens with zero attached hydrogens (tertiary/aromatic N) is 3. The van der Waals surface area contributed by atoms with Gasteiger partial charge in [0.2, 0.25) is 0 Å². The SMILES string of the molecule is O=Cc1c(C(C(O)N2CCCCCC2)N2CCCCCC2)n(-c2ccccc2)c2ccccc12. The zero-order valence-corrected chi connectivity index (χ0v) is 20.1. The monoisotopic (exact) mass is 459 g/mol. The highest BCUT2D eigenvalue weighted by molar-refractivity contribution is 6.00. The second-order valence-electron chi connectivity index (χ2n) is 9.86. The van der Waals surface area contributed by atoms with Gasteiger partial charge >= 0.3 is 0 Å². The Labute approximate surface area is 203 Å². The van der Waals surface area contributed by atoms with Crippen LogP contribution in [0.2, 0.25) is 0 Å². The second-order valence-corrected chi connectivity index (χ2v) is 9.86. The molecule has 5 rings (SSSR count). The van der Waals surface area contributed by atoms with Crippen LogP contribution in [-0.2, 0) is 0 Å².